The van der Waals surface area contributed by atoms with Crippen LogP contribution in [-0.2, 0) is 24.0 Å². The molecule has 160 valence electrons. The van der Waals surface area contributed by atoms with Gasteiger partial charge in [-0.1, -0.05) is 26.0 Å². The van der Waals surface area contributed by atoms with Crippen molar-refractivity contribution in [2.45, 2.75) is 64.9 Å². The Kier molecular flexibility index (Phi) is 5.56. The lowest BCUT2D eigenvalue weighted by molar-refractivity contribution is -0.369. The van der Waals surface area contributed by atoms with E-state index in [4.69, 9.17) is 14.4 Å². The normalized spacial score (nSPS) is 37.3. The first-order valence-electron chi connectivity index (χ1n) is 10.2. The quantitative estimate of drug-likeness (QED) is 0.317. The molecule has 3 rings (SSSR count). The molecule has 0 aliphatic heterocycles. The van der Waals surface area contributed by atoms with Crippen LogP contribution < -0.4 is 0 Å². The zero-order valence-electron chi connectivity index (χ0n) is 18.1. The highest BCUT2D eigenvalue weighted by Gasteiger charge is 2.62. The topological polar surface area (TPSA) is 82.1 Å². The van der Waals surface area contributed by atoms with E-state index in [9.17, 15) is 14.8 Å². The summed E-state index contributed by atoms with van der Waals surface area (Å²) in [6, 6.07) is 0. The van der Waals surface area contributed by atoms with Crippen LogP contribution in [0.1, 0.15) is 59.3 Å². The molecule has 1 N–H and O–H groups in total. The number of hydrogen-bond donors (Lipinski definition) is 1. The van der Waals surface area contributed by atoms with Crippen LogP contribution in [0.2, 0.25) is 0 Å². The average Bonchev–Trinajstić information content (AvgIpc) is 3.02. The lowest BCUT2D eigenvalue weighted by Gasteiger charge is -2.62. The minimum absolute atomic E-state index is 0.101. The maximum Gasteiger partial charge on any atom is 0.338 e. The van der Waals surface area contributed by atoms with Crippen LogP contribution in [0.5, 0.6) is 0 Å². The maximum atomic E-state index is 13.0. The van der Waals surface area contributed by atoms with Gasteiger partial charge in [0.1, 0.15) is 5.60 Å². The summed E-state index contributed by atoms with van der Waals surface area (Å²) in [5.41, 5.74) is 0.239. The second-order valence-corrected chi connectivity index (χ2v) is 9.31. The van der Waals surface area contributed by atoms with Crippen molar-refractivity contribution in [1.29, 1.82) is 0 Å². The van der Waals surface area contributed by atoms with Gasteiger partial charge in [0, 0.05) is 11.0 Å². The Morgan fingerprint density at radius 1 is 1.28 bits per heavy atom. The van der Waals surface area contributed by atoms with Crippen LogP contribution in [0.3, 0.4) is 0 Å². The number of carbonyl (C=O) groups excluding carboxylic acids is 2. The van der Waals surface area contributed by atoms with Gasteiger partial charge in [0.05, 0.1) is 19.8 Å². The highest BCUT2D eigenvalue weighted by Crippen LogP contribution is 2.65. The minimum Gasteiger partial charge on any atom is -0.493 e. The second kappa shape index (κ2) is 7.40. The van der Waals surface area contributed by atoms with Crippen molar-refractivity contribution >= 4 is 11.8 Å². The first-order valence-corrected chi connectivity index (χ1v) is 10.2. The number of allylic oxidation sites excluding steroid dienone is 2. The molecular formula is C23H32O6. The third-order valence-electron chi connectivity index (χ3n) is 8.12. The van der Waals surface area contributed by atoms with E-state index in [0.717, 1.165) is 25.7 Å². The highest BCUT2D eigenvalue weighted by molar-refractivity contribution is 6.17. The van der Waals surface area contributed by atoms with Crippen LogP contribution >= 0.6 is 0 Å². The number of carbonyl (C=O) groups is 2. The van der Waals surface area contributed by atoms with Crippen molar-refractivity contribution in [1.82, 2.24) is 0 Å². The van der Waals surface area contributed by atoms with Crippen molar-refractivity contribution in [3.63, 3.8) is 0 Å². The number of fused-ring (bicyclic) bond motifs is 1. The molecule has 4 unspecified atom stereocenters. The fourth-order valence-electron chi connectivity index (χ4n) is 5.90. The summed E-state index contributed by atoms with van der Waals surface area (Å²) in [4.78, 5) is 30.5. The first-order chi connectivity index (χ1) is 13.6. The molecule has 0 radical (unpaired) electrons. The molecule has 0 bridgehead atoms. The summed E-state index contributed by atoms with van der Waals surface area (Å²) in [6.45, 7) is 10.5. The molecular weight excluding hydrogens is 372 g/mol. The van der Waals surface area contributed by atoms with Crippen LogP contribution in [0.25, 0.3) is 0 Å². The number of rotatable bonds is 5. The lowest BCUT2D eigenvalue weighted by Crippen LogP contribution is -2.60. The van der Waals surface area contributed by atoms with Crippen molar-refractivity contribution in [3.05, 3.63) is 35.1 Å². The summed E-state index contributed by atoms with van der Waals surface area (Å²) in [6.07, 6.45) is 6.17. The molecule has 3 aliphatic carbocycles. The molecule has 29 heavy (non-hydrogen) atoms. The van der Waals surface area contributed by atoms with E-state index < -0.39 is 17.0 Å². The monoisotopic (exact) mass is 404 g/mol. The van der Waals surface area contributed by atoms with Gasteiger partial charge in [0.15, 0.2) is 5.76 Å². The fraction of sp³-hybridized carbons (Fsp3) is 0.652. The van der Waals surface area contributed by atoms with Gasteiger partial charge < -0.3 is 9.47 Å². The van der Waals surface area contributed by atoms with E-state index in [1.807, 2.05) is 6.92 Å². The maximum absolute atomic E-state index is 13.0. The average molecular weight is 405 g/mol. The Morgan fingerprint density at radius 2 is 1.97 bits per heavy atom. The van der Waals surface area contributed by atoms with Gasteiger partial charge in [-0.2, -0.15) is 0 Å². The summed E-state index contributed by atoms with van der Waals surface area (Å²) < 4.78 is 10.1. The molecule has 0 aromatic rings. The fourth-order valence-corrected chi connectivity index (χ4v) is 5.90. The van der Waals surface area contributed by atoms with Crippen LogP contribution in [0.15, 0.2) is 35.1 Å². The first kappa shape index (κ1) is 21.8. The molecule has 6 nitrogen and oxygen atoms in total. The Morgan fingerprint density at radius 3 is 2.55 bits per heavy atom. The van der Waals surface area contributed by atoms with Gasteiger partial charge in [-0.05, 0) is 62.9 Å². The van der Waals surface area contributed by atoms with E-state index in [1.165, 1.54) is 25.9 Å². The zero-order chi connectivity index (χ0) is 21.6. The van der Waals surface area contributed by atoms with Crippen molar-refractivity contribution in [2.75, 3.05) is 14.2 Å². The van der Waals surface area contributed by atoms with E-state index in [-0.39, 0.29) is 34.9 Å². The molecule has 6 heteroatoms. The smallest absolute Gasteiger partial charge is 0.338 e. The molecule has 4 atom stereocenters. The van der Waals surface area contributed by atoms with Crippen LogP contribution in [-0.4, -0.2) is 36.8 Å². The molecule has 3 aliphatic rings. The lowest BCUT2D eigenvalue weighted by atomic mass is 9.44. The summed E-state index contributed by atoms with van der Waals surface area (Å²) >= 11 is 0. The number of ether oxygens (including phenoxy) is 2. The standard InChI is InChI=1S/C23H32O6/c1-14-8-7-9-18-21(14,2)10-11-23(4,29-26)22(18,3)13-16-15(20(25)28-6)12-17(27-5)19(16)24/h12,18,26H,1,7-11,13H2,2-6H3. The molecule has 0 spiro atoms. The van der Waals surface area contributed by atoms with Gasteiger partial charge in [-0.3, -0.25) is 10.1 Å². The van der Waals surface area contributed by atoms with E-state index in [0.29, 0.717) is 12.0 Å². The largest absolute Gasteiger partial charge is 0.493 e. The number of ketones is 1. The van der Waals surface area contributed by atoms with Crippen molar-refractivity contribution in [3.8, 4) is 0 Å². The number of Topliss-reactive ketones (excluding diaryl/α,β-unsaturated/α-hetero) is 1. The summed E-state index contributed by atoms with van der Waals surface area (Å²) in [5, 5.41) is 9.93. The van der Waals surface area contributed by atoms with Gasteiger partial charge in [-0.25, -0.2) is 9.68 Å². The van der Waals surface area contributed by atoms with Crippen LogP contribution in [0, 0.1) is 16.7 Å². The second-order valence-electron chi connectivity index (χ2n) is 9.31. The summed E-state index contributed by atoms with van der Waals surface area (Å²) in [7, 11) is 2.70. The van der Waals surface area contributed by atoms with Gasteiger partial charge >= 0.3 is 5.97 Å². The molecule has 0 aromatic carbocycles. The van der Waals surface area contributed by atoms with Gasteiger partial charge in [0.2, 0.25) is 5.78 Å². The molecule has 0 aromatic heterocycles. The Bertz CT molecular complexity index is 808. The van der Waals surface area contributed by atoms with Crippen molar-refractivity contribution < 1.29 is 29.2 Å². The molecule has 0 amide bonds. The van der Waals surface area contributed by atoms with Gasteiger partial charge in [0.25, 0.3) is 0 Å². The summed E-state index contributed by atoms with van der Waals surface area (Å²) in [5.74, 6) is -0.603. The molecule has 0 heterocycles. The Balaban J connectivity index is 2.11. The third kappa shape index (κ3) is 3.08. The predicted molar refractivity (Wildman–Crippen MR) is 108 cm³/mol. The Hall–Kier alpha value is -1.92. The van der Waals surface area contributed by atoms with E-state index >= 15 is 0 Å². The molecule has 2 saturated carbocycles. The minimum atomic E-state index is -0.862. The number of hydrogen-bond acceptors (Lipinski definition) is 6. The SMILES string of the molecule is C=C1CCCC2C1(C)CCC(C)(OO)C2(C)CC1=C(C(=O)OC)C=C(OC)C1=O. The van der Waals surface area contributed by atoms with E-state index in [2.05, 4.69) is 20.4 Å². The number of esters is 1. The zero-order valence-corrected chi connectivity index (χ0v) is 18.1. The Labute approximate surface area is 172 Å². The van der Waals surface area contributed by atoms with Crippen molar-refractivity contribution in [2.24, 2.45) is 16.7 Å². The predicted octanol–water partition coefficient (Wildman–Crippen LogP) is 4.37. The third-order valence-corrected chi connectivity index (χ3v) is 8.12. The molecule has 2 fully saturated rings. The van der Waals surface area contributed by atoms with Crippen LogP contribution in [0.4, 0.5) is 0 Å². The number of methoxy groups -OCH3 is 2. The highest BCUT2D eigenvalue weighted by atomic mass is 17.1. The van der Waals surface area contributed by atoms with E-state index in [1.54, 1.807) is 0 Å². The van der Waals surface area contributed by atoms with Gasteiger partial charge in [-0.15, -0.1) is 0 Å². The molecule has 0 saturated heterocycles.